The first-order valence-electron chi connectivity index (χ1n) is 5.44. The third kappa shape index (κ3) is 3.29. The number of nitriles is 1. The summed E-state index contributed by atoms with van der Waals surface area (Å²) in [5.41, 5.74) is 10.8. The minimum atomic E-state index is -0.245. The van der Waals surface area contributed by atoms with E-state index in [0.717, 1.165) is 0 Å². The van der Waals surface area contributed by atoms with Gasteiger partial charge in [0.25, 0.3) is 0 Å². The molecule has 1 aromatic rings. The smallest absolute Gasteiger partial charge is 0.211 e. The van der Waals surface area contributed by atoms with Gasteiger partial charge in [0.2, 0.25) is 11.7 Å². The first kappa shape index (κ1) is 15.1. The fourth-order valence-electron chi connectivity index (χ4n) is 1.47. The van der Waals surface area contributed by atoms with Crippen molar-refractivity contribution in [2.24, 2.45) is 21.7 Å². The summed E-state index contributed by atoms with van der Waals surface area (Å²) >= 11 is 0. The number of nitrogens with zero attached hydrogens (tertiary/aromatic N) is 3. The first-order chi connectivity index (χ1) is 9.57. The van der Waals surface area contributed by atoms with E-state index < -0.39 is 0 Å². The van der Waals surface area contributed by atoms with Gasteiger partial charge in [-0.25, -0.2) is 0 Å². The van der Waals surface area contributed by atoms with Crippen LogP contribution in [0.5, 0.6) is 17.2 Å². The van der Waals surface area contributed by atoms with Crippen molar-refractivity contribution in [1.29, 1.82) is 5.26 Å². The standard InChI is InChI=1S/C12H15N5O3/c1-18-9-4-7(5-10(19-2)11(9)20-3)8(6-13)16-17-12(14)15/h4-5H,1-3H3,(H4,14,15,17)/b16-8+. The molecule has 8 heteroatoms. The van der Waals surface area contributed by atoms with Crippen LogP contribution in [0, 0.1) is 11.3 Å². The Bertz CT molecular complexity index is 560. The summed E-state index contributed by atoms with van der Waals surface area (Å²) in [5.74, 6) is 0.965. The van der Waals surface area contributed by atoms with Crippen LogP contribution < -0.4 is 25.7 Å². The Labute approximate surface area is 116 Å². The van der Waals surface area contributed by atoms with E-state index >= 15 is 0 Å². The fraction of sp³-hybridized carbons (Fsp3) is 0.250. The molecule has 4 N–H and O–H groups in total. The lowest BCUT2D eigenvalue weighted by atomic mass is 10.1. The maximum absolute atomic E-state index is 9.10. The van der Waals surface area contributed by atoms with Gasteiger partial charge in [-0.05, 0) is 12.1 Å². The molecule has 1 rings (SSSR count). The molecule has 0 amide bonds. The van der Waals surface area contributed by atoms with E-state index in [1.165, 1.54) is 21.3 Å². The van der Waals surface area contributed by atoms with Gasteiger partial charge in [0, 0.05) is 5.56 Å². The molecule has 1 aromatic carbocycles. The molecule has 0 fully saturated rings. The van der Waals surface area contributed by atoms with Crippen molar-refractivity contribution >= 4 is 11.7 Å². The number of hydrogen-bond acceptors (Lipinski definition) is 6. The molecule has 0 bridgehead atoms. The lowest BCUT2D eigenvalue weighted by Gasteiger charge is -2.13. The van der Waals surface area contributed by atoms with Crippen LogP contribution in [0.4, 0.5) is 0 Å². The van der Waals surface area contributed by atoms with Gasteiger partial charge in [0.15, 0.2) is 17.2 Å². The summed E-state index contributed by atoms with van der Waals surface area (Å²) in [7, 11) is 4.43. The molecule has 0 saturated carbocycles. The van der Waals surface area contributed by atoms with E-state index in [9.17, 15) is 0 Å². The maximum atomic E-state index is 9.10. The SMILES string of the molecule is COc1cc(/C(C#N)=N/N=C(N)N)cc(OC)c1OC. The molecule has 106 valence electrons. The zero-order valence-corrected chi connectivity index (χ0v) is 11.4. The van der Waals surface area contributed by atoms with Crippen LogP contribution in [0.15, 0.2) is 22.3 Å². The predicted octanol–water partition coefficient (Wildman–Crippen LogP) is 0.213. The van der Waals surface area contributed by atoms with Crippen molar-refractivity contribution in [2.45, 2.75) is 0 Å². The molecule has 0 unspecified atom stereocenters. The molecule has 0 aliphatic carbocycles. The Morgan fingerprint density at radius 3 is 1.95 bits per heavy atom. The van der Waals surface area contributed by atoms with Crippen molar-refractivity contribution in [3.05, 3.63) is 17.7 Å². The number of benzene rings is 1. The minimum absolute atomic E-state index is 0.0117. The highest BCUT2D eigenvalue weighted by Crippen LogP contribution is 2.38. The molecule has 0 radical (unpaired) electrons. The largest absolute Gasteiger partial charge is 0.493 e. The Morgan fingerprint density at radius 2 is 1.60 bits per heavy atom. The monoisotopic (exact) mass is 277 g/mol. The fourth-order valence-corrected chi connectivity index (χ4v) is 1.47. The molecule has 0 aliphatic heterocycles. The minimum Gasteiger partial charge on any atom is -0.493 e. The number of ether oxygens (including phenoxy) is 3. The van der Waals surface area contributed by atoms with Crippen LogP contribution in [0.3, 0.4) is 0 Å². The molecule has 0 saturated heterocycles. The van der Waals surface area contributed by atoms with E-state index in [2.05, 4.69) is 10.2 Å². The number of hydrogen-bond donors (Lipinski definition) is 2. The lowest BCUT2D eigenvalue weighted by Crippen LogP contribution is -2.22. The highest BCUT2D eigenvalue weighted by Gasteiger charge is 2.15. The van der Waals surface area contributed by atoms with E-state index in [0.29, 0.717) is 22.8 Å². The second kappa shape index (κ2) is 6.84. The topological polar surface area (TPSA) is 128 Å². The third-order valence-corrected chi connectivity index (χ3v) is 2.31. The van der Waals surface area contributed by atoms with Gasteiger partial charge in [-0.2, -0.15) is 5.26 Å². The molecule has 0 aliphatic rings. The molecular weight excluding hydrogens is 262 g/mol. The maximum Gasteiger partial charge on any atom is 0.211 e. The van der Waals surface area contributed by atoms with Crippen molar-refractivity contribution < 1.29 is 14.2 Å². The van der Waals surface area contributed by atoms with Crippen LogP contribution in [-0.2, 0) is 0 Å². The van der Waals surface area contributed by atoms with Crippen LogP contribution in [0.2, 0.25) is 0 Å². The molecular formula is C12H15N5O3. The van der Waals surface area contributed by atoms with E-state index in [1.807, 2.05) is 6.07 Å². The number of nitrogens with two attached hydrogens (primary N) is 2. The van der Waals surface area contributed by atoms with E-state index in [-0.39, 0.29) is 11.7 Å². The van der Waals surface area contributed by atoms with Crippen molar-refractivity contribution in [2.75, 3.05) is 21.3 Å². The lowest BCUT2D eigenvalue weighted by molar-refractivity contribution is 0.324. The molecule has 8 nitrogen and oxygen atoms in total. The second-order valence-corrected chi connectivity index (χ2v) is 3.50. The first-order valence-corrected chi connectivity index (χ1v) is 5.44. The number of methoxy groups -OCH3 is 3. The summed E-state index contributed by atoms with van der Waals surface area (Å²) in [5, 5.41) is 16.2. The Kier molecular flexibility index (Phi) is 5.17. The average Bonchev–Trinajstić information content (AvgIpc) is 2.46. The van der Waals surface area contributed by atoms with Gasteiger partial charge < -0.3 is 25.7 Å². The molecule has 0 atom stereocenters. The zero-order valence-electron chi connectivity index (χ0n) is 11.4. The summed E-state index contributed by atoms with van der Waals surface area (Å²) in [6.07, 6.45) is 0. The highest BCUT2D eigenvalue weighted by molar-refractivity contribution is 6.12. The normalized spacial score (nSPS) is 10.4. The van der Waals surface area contributed by atoms with Gasteiger partial charge in [0.05, 0.1) is 21.3 Å². The van der Waals surface area contributed by atoms with Crippen molar-refractivity contribution in [3.63, 3.8) is 0 Å². The van der Waals surface area contributed by atoms with Crippen LogP contribution in [-0.4, -0.2) is 33.0 Å². The van der Waals surface area contributed by atoms with E-state index in [1.54, 1.807) is 12.1 Å². The average molecular weight is 277 g/mol. The number of rotatable bonds is 5. The summed E-state index contributed by atoms with van der Waals surface area (Å²) in [4.78, 5) is 0. The van der Waals surface area contributed by atoms with Gasteiger partial charge in [-0.1, -0.05) is 0 Å². The predicted molar refractivity (Wildman–Crippen MR) is 74.1 cm³/mol. The van der Waals surface area contributed by atoms with Crippen molar-refractivity contribution in [1.82, 2.24) is 0 Å². The summed E-state index contributed by atoms with van der Waals surface area (Å²) in [6, 6.07) is 5.04. The van der Waals surface area contributed by atoms with Gasteiger partial charge in [-0.15, -0.1) is 10.2 Å². The van der Waals surface area contributed by atoms with Gasteiger partial charge in [-0.3, -0.25) is 0 Å². The molecule has 0 heterocycles. The van der Waals surface area contributed by atoms with Crippen LogP contribution >= 0.6 is 0 Å². The quantitative estimate of drug-likeness (QED) is 0.450. The Balaban J connectivity index is 3.42. The molecule has 20 heavy (non-hydrogen) atoms. The van der Waals surface area contributed by atoms with E-state index in [4.69, 9.17) is 30.9 Å². The Hall–Kier alpha value is -2.95. The molecule has 0 aromatic heterocycles. The van der Waals surface area contributed by atoms with Crippen LogP contribution in [0.1, 0.15) is 5.56 Å². The third-order valence-electron chi connectivity index (χ3n) is 2.31. The second-order valence-electron chi connectivity index (χ2n) is 3.50. The van der Waals surface area contributed by atoms with Gasteiger partial charge in [0.1, 0.15) is 6.07 Å². The Morgan fingerprint density at radius 1 is 1.05 bits per heavy atom. The number of guanidine groups is 1. The highest BCUT2D eigenvalue weighted by atomic mass is 16.5. The zero-order chi connectivity index (χ0) is 15.1. The van der Waals surface area contributed by atoms with Crippen LogP contribution in [0.25, 0.3) is 0 Å². The van der Waals surface area contributed by atoms with Gasteiger partial charge >= 0.3 is 0 Å². The van der Waals surface area contributed by atoms with Crippen molar-refractivity contribution in [3.8, 4) is 23.3 Å². The summed E-state index contributed by atoms with van der Waals surface area (Å²) in [6.45, 7) is 0. The summed E-state index contributed by atoms with van der Waals surface area (Å²) < 4.78 is 15.6. The molecule has 0 spiro atoms.